The van der Waals surface area contributed by atoms with Crippen LogP contribution in [0.2, 0.25) is 0 Å². The predicted molar refractivity (Wildman–Crippen MR) is 107 cm³/mol. The van der Waals surface area contributed by atoms with Gasteiger partial charge in [0, 0.05) is 6.42 Å². The van der Waals surface area contributed by atoms with Gasteiger partial charge in [-0.05, 0) is 57.5 Å². The van der Waals surface area contributed by atoms with Gasteiger partial charge in [-0.3, -0.25) is 0 Å². The van der Waals surface area contributed by atoms with Crippen LogP contribution in [0.1, 0.15) is 43.6 Å². The molecule has 1 amide bonds. The molecule has 7 heteroatoms. The zero-order valence-electron chi connectivity index (χ0n) is 16.9. The molecule has 0 radical (unpaired) electrons. The first-order valence-corrected chi connectivity index (χ1v) is 9.09. The van der Waals surface area contributed by atoms with Crippen molar-refractivity contribution < 1.29 is 29.0 Å². The lowest BCUT2D eigenvalue weighted by Crippen LogP contribution is -2.54. The first-order valence-electron chi connectivity index (χ1n) is 9.09. The summed E-state index contributed by atoms with van der Waals surface area (Å²) in [4.78, 5) is 35.9. The van der Waals surface area contributed by atoms with Crippen LogP contribution in [0.4, 0.5) is 4.79 Å². The number of esters is 1. The molecule has 2 aromatic rings. The Hall–Kier alpha value is -3.35. The van der Waals surface area contributed by atoms with Gasteiger partial charge in [-0.2, -0.15) is 0 Å². The van der Waals surface area contributed by atoms with Crippen molar-refractivity contribution in [3.8, 4) is 5.75 Å². The number of benzene rings is 2. The van der Waals surface area contributed by atoms with E-state index in [0.29, 0.717) is 16.9 Å². The number of hydrogen-bond donors (Lipinski definition) is 2. The fraction of sp³-hybridized carbons (Fsp3) is 0.318. The summed E-state index contributed by atoms with van der Waals surface area (Å²) < 4.78 is 10.5. The molecule has 0 aromatic heterocycles. The lowest BCUT2D eigenvalue weighted by atomic mass is 9.93. The van der Waals surface area contributed by atoms with Crippen molar-refractivity contribution in [1.82, 2.24) is 5.32 Å². The molecule has 2 aromatic carbocycles. The van der Waals surface area contributed by atoms with Crippen LogP contribution in [0.3, 0.4) is 0 Å². The Morgan fingerprint density at radius 3 is 2.03 bits per heavy atom. The number of carboxylic acids is 1. The number of carbonyl (C=O) groups excluding carboxylic acids is 2. The van der Waals surface area contributed by atoms with Crippen LogP contribution < -0.4 is 10.1 Å². The molecule has 0 aliphatic carbocycles. The predicted octanol–water partition coefficient (Wildman–Crippen LogP) is 3.82. The fourth-order valence-electron chi connectivity index (χ4n) is 2.53. The van der Waals surface area contributed by atoms with E-state index in [1.54, 1.807) is 75.4 Å². The summed E-state index contributed by atoms with van der Waals surface area (Å²) in [7, 11) is 0. The Labute approximate surface area is 169 Å². The average Bonchev–Trinajstić information content (AvgIpc) is 2.62. The van der Waals surface area contributed by atoms with E-state index in [1.807, 2.05) is 0 Å². The summed E-state index contributed by atoms with van der Waals surface area (Å²) in [5.74, 6) is -1.34. The van der Waals surface area contributed by atoms with E-state index in [4.69, 9.17) is 9.47 Å². The third-order valence-corrected chi connectivity index (χ3v) is 3.95. The molecular formula is C22H25NO6. The van der Waals surface area contributed by atoms with Crippen molar-refractivity contribution in [2.24, 2.45) is 0 Å². The molecule has 2 N–H and O–H groups in total. The lowest BCUT2D eigenvalue weighted by molar-refractivity contribution is -0.144. The number of hydrogen-bond acceptors (Lipinski definition) is 5. The first kappa shape index (κ1) is 21.9. The van der Waals surface area contributed by atoms with Gasteiger partial charge < -0.3 is 19.9 Å². The van der Waals surface area contributed by atoms with E-state index in [-0.39, 0.29) is 6.42 Å². The van der Waals surface area contributed by atoms with Gasteiger partial charge in [0.15, 0.2) is 0 Å². The second-order valence-corrected chi connectivity index (χ2v) is 7.84. The average molecular weight is 399 g/mol. The van der Waals surface area contributed by atoms with E-state index in [0.717, 1.165) is 0 Å². The molecule has 0 saturated carbocycles. The third kappa shape index (κ3) is 6.64. The van der Waals surface area contributed by atoms with Gasteiger partial charge in [-0.15, -0.1) is 0 Å². The van der Waals surface area contributed by atoms with Crippen LogP contribution in [0.5, 0.6) is 5.75 Å². The number of nitrogens with one attached hydrogen (secondary N) is 1. The van der Waals surface area contributed by atoms with E-state index in [2.05, 4.69) is 5.32 Å². The van der Waals surface area contributed by atoms with Gasteiger partial charge in [0.25, 0.3) is 0 Å². The molecule has 0 aliphatic heterocycles. The first-order chi connectivity index (χ1) is 13.5. The summed E-state index contributed by atoms with van der Waals surface area (Å²) in [6, 6.07) is 15.0. The van der Waals surface area contributed by atoms with Crippen LogP contribution in [-0.2, 0) is 16.0 Å². The van der Waals surface area contributed by atoms with E-state index in [9.17, 15) is 19.5 Å². The molecular weight excluding hydrogens is 374 g/mol. The van der Waals surface area contributed by atoms with Crippen LogP contribution in [0, 0.1) is 0 Å². The number of ether oxygens (including phenoxy) is 2. The van der Waals surface area contributed by atoms with E-state index < -0.39 is 29.2 Å². The van der Waals surface area contributed by atoms with Crippen molar-refractivity contribution in [3.63, 3.8) is 0 Å². The van der Waals surface area contributed by atoms with Gasteiger partial charge >= 0.3 is 18.0 Å². The minimum absolute atomic E-state index is 0.0223. The molecule has 154 valence electrons. The Morgan fingerprint density at radius 1 is 0.931 bits per heavy atom. The smallest absolute Gasteiger partial charge is 0.408 e. The number of alkyl carbamates (subject to hydrolysis) is 1. The van der Waals surface area contributed by atoms with Crippen molar-refractivity contribution in [1.29, 1.82) is 0 Å². The fourth-order valence-corrected chi connectivity index (χ4v) is 2.53. The zero-order chi connectivity index (χ0) is 21.7. The molecule has 0 aliphatic rings. The zero-order valence-corrected chi connectivity index (χ0v) is 16.9. The SMILES string of the molecule is CC(C)(C)OC(=O)N[C@@](C)(Cc1ccc(OC(=O)c2ccccc2)cc1)C(=O)O. The van der Waals surface area contributed by atoms with Crippen molar-refractivity contribution in [2.75, 3.05) is 0 Å². The molecule has 0 unspecified atom stereocenters. The Balaban J connectivity index is 2.06. The maximum absolute atomic E-state index is 12.1. The highest BCUT2D eigenvalue weighted by molar-refractivity contribution is 5.91. The highest BCUT2D eigenvalue weighted by Gasteiger charge is 2.36. The standard InChI is InChI=1S/C22H25NO6/c1-21(2,3)29-20(27)23-22(4,19(25)26)14-15-10-12-17(13-11-15)28-18(24)16-8-6-5-7-9-16/h5-13H,14H2,1-4H3,(H,23,27)(H,25,26)/t22-/m0/s1. The summed E-state index contributed by atoms with van der Waals surface area (Å²) in [5.41, 5.74) is -1.24. The summed E-state index contributed by atoms with van der Waals surface area (Å²) >= 11 is 0. The molecule has 0 spiro atoms. The second-order valence-electron chi connectivity index (χ2n) is 7.84. The van der Waals surface area contributed by atoms with Crippen LogP contribution in [0.25, 0.3) is 0 Å². The maximum atomic E-state index is 12.1. The van der Waals surface area contributed by atoms with Crippen molar-refractivity contribution >= 4 is 18.0 Å². The van der Waals surface area contributed by atoms with Gasteiger partial charge in [-0.1, -0.05) is 30.3 Å². The normalized spacial score (nSPS) is 13.1. The molecule has 0 heterocycles. The molecule has 29 heavy (non-hydrogen) atoms. The largest absolute Gasteiger partial charge is 0.480 e. The Kier molecular flexibility index (Phi) is 6.64. The number of aliphatic carboxylic acids is 1. The second kappa shape index (κ2) is 8.77. The minimum atomic E-state index is -1.56. The van der Waals surface area contributed by atoms with Crippen molar-refractivity contribution in [2.45, 2.75) is 45.3 Å². The molecule has 0 fully saturated rings. The van der Waals surface area contributed by atoms with E-state index in [1.165, 1.54) is 6.92 Å². The highest BCUT2D eigenvalue weighted by atomic mass is 16.6. The Bertz CT molecular complexity index is 870. The van der Waals surface area contributed by atoms with E-state index >= 15 is 0 Å². The number of carbonyl (C=O) groups is 3. The number of amides is 1. The maximum Gasteiger partial charge on any atom is 0.408 e. The molecule has 2 rings (SSSR count). The number of carboxylic acid groups (broad SMARTS) is 1. The molecule has 0 saturated heterocycles. The topological polar surface area (TPSA) is 102 Å². The highest BCUT2D eigenvalue weighted by Crippen LogP contribution is 2.20. The summed E-state index contributed by atoms with van der Waals surface area (Å²) in [5, 5.41) is 12.0. The van der Waals surface area contributed by atoms with Gasteiger partial charge in [0.05, 0.1) is 5.56 Å². The third-order valence-electron chi connectivity index (χ3n) is 3.95. The van der Waals surface area contributed by atoms with Crippen LogP contribution >= 0.6 is 0 Å². The quantitative estimate of drug-likeness (QED) is 0.566. The minimum Gasteiger partial charge on any atom is -0.480 e. The van der Waals surface area contributed by atoms with Gasteiger partial charge in [0.1, 0.15) is 16.9 Å². The number of rotatable bonds is 6. The van der Waals surface area contributed by atoms with Crippen LogP contribution in [0.15, 0.2) is 54.6 Å². The van der Waals surface area contributed by atoms with Crippen LogP contribution in [-0.4, -0.2) is 34.3 Å². The molecule has 7 nitrogen and oxygen atoms in total. The van der Waals surface area contributed by atoms with Crippen molar-refractivity contribution in [3.05, 3.63) is 65.7 Å². The monoisotopic (exact) mass is 399 g/mol. The van der Waals surface area contributed by atoms with Gasteiger partial charge in [-0.25, -0.2) is 14.4 Å². The summed E-state index contributed by atoms with van der Waals surface area (Å²) in [6.45, 7) is 6.49. The van der Waals surface area contributed by atoms with Gasteiger partial charge in [0.2, 0.25) is 0 Å². The molecule has 0 bridgehead atoms. The summed E-state index contributed by atoms with van der Waals surface area (Å²) in [6.07, 6.45) is -0.787. The Morgan fingerprint density at radius 2 is 1.52 bits per heavy atom. The lowest BCUT2D eigenvalue weighted by Gasteiger charge is -2.28. The molecule has 1 atom stereocenters.